The fraction of sp³-hybridized carbons (Fsp3) is 0.583. The first-order valence-corrected chi connectivity index (χ1v) is 6.19. The third-order valence-electron chi connectivity index (χ3n) is 2.80. The second kappa shape index (κ2) is 6.06. The molecule has 0 bridgehead atoms. The maximum absolute atomic E-state index is 5.80. The number of aromatic nitrogens is 1. The number of ether oxygens (including phenoxy) is 1. The van der Waals surface area contributed by atoms with Crippen molar-refractivity contribution >= 4 is 17.3 Å². The van der Waals surface area contributed by atoms with E-state index < -0.39 is 0 Å². The molecule has 4 heteroatoms. The highest BCUT2D eigenvalue weighted by Crippen LogP contribution is 2.16. The lowest BCUT2D eigenvalue weighted by molar-refractivity contribution is 0.0134. The van der Waals surface area contributed by atoms with Crippen LogP contribution in [-0.4, -0.2) is 24.2 Å². The molecule has 88 valence electrons. The Labute approximate surface area is 101 Å². The first kappa shape index (κ1) is 11.7. The van der Waals surface area contributed by atoms with Gasteiger partial charge in [0.2, 0.25) is 0 Å². The van der Waals surface area contributed by atoms with Crippen molar-refractivity contribution in [2.75, 3.05) is 18.5 Å². The van der Waals surface area contributed by atoms with Gasteiger partial charge in [-0.3, -0.25) is 0 Å². The van der Waals surface area contributed by atoms with Gasteiger partial charge in [0, 0.05) is 25.0 Å². The maximum atomic E-state index is 5.80. The van der Waals surface area contributed by atoms with Gasteiger partial charge in [-0.05, 0) is 37.8 Å². The minimum atomic E-state index is 0.429. The average molecular weight is 241 g/mol. The zero-order valence-corrected chi connectivity index (χ0v) is 10.0. The summed E-state index contributed by atoms with van der Waals surface area (Å²) in [5.74, 6) is 0. The van der Waals surface area contributed by atoms with Crippen molar-refractivity contribution in [2.24, 2.45) is 0 Å². The number of hydrogen-bond donors (Lipinski definition) is 1. The first-order valence-electron chi connectivity index (χ1n) is 5.81. The Kier molecular flexibility index (Phi) is 4.43. The molecule has 0 radical (unpaired) electrons. The van der Waals surface area contributed by atoms with Gasteiger partial charge in [0.1, 0.15) is 5.15 Å². The van der Waals surface area contributed by atoms with E-state index in [9.17, 15) is 0 Å². The molecule has 1 atom stereocenters. The van der Waals surface area contributed by atoms with E-state index in [0.29, 0.717) is 11.3 Å². The molecule has 1 unspecified atom stereocenters. The third kappa shape index (κ3) is 3.65. The highest BCUT2D eigenvalue weighted by Gasteiger charge is 2.12. The third-order valence-corrected chi connectivity index (χ3v) is 3.00. The number of nitrogens with one attached hydrogen (secondary N) is 1. The van der Waals surface area contributed by atoms with Crippen LogP contribution in [0.3, 0.4) is 0 Å². The SMILES string of the molecule is Clc1cc(NCCC2CCCCO2)ccn1. The Bertz CT molecular complexity index is 327. The molecule has 0 amide bonds. The van der Waals surface area contributed by atoms with E-state index >= 15 is 0 Å². The van der Waals surface area contributed by atoms with Crippen molar-refractivity contribution in [3.8, 4) is 0 Å². The minimum absolute atomic E-state index is 0.429. The summed E-state index contributed by atoms with van der Waals surface area (Å²) in [5.41, 5.74) is 1.02. The summed E-state index contributed by atoms with van der Waals surface area (Å²) in [6.45, 7) is 1.84. The summed E-state index contributed by atoms with van der Waals surface area (Å²) < 4.78 is 5.66. The van der Waals surface area contributed by atoms with Crippen molar-refractivity contribution in [3.05, 3.63) is 23.5 Å². The lowest BCUT2D eigenvalue weighted by Crippen LogP contribution is -2.21. The fourth-order valence-corrected chi connectivity index (χ4v) is 2.10. The monoisotopic (exact) mass is 240 g/mol. The van der Waals surface area contributed by atoms with Crippen molar-refractivity contribution in [3.63, 3.8) is 0 Å². The average Bonchev–Trinajstić information content (AvgIpc) is 2.30. The van der Waals surface area contributed by atoms with Crippen LogP contribution in [0.4, 0.5) is 5.69 Å². The maximum Gasteiger partial charge on any atom is 0.131 e. The predicted molar refractivity (Wildman–Crippen MR) is 65.9 cm³/mol. The topological polar surface area (TPSA) is 34.1 Å². The van der Waals surface area contributed by atoms with Crippen molar-refractivity contribution in [2.45, 2.75) is 31.8 Å². The van der Waals surface area contributed by atoms with E-state index in [1.54, 1.807) is 6.20 Å². The van der Waals surface area contributed by atoms with Gasteiger partial charge in [0.25, 0.3) is 0 Å². The predicted octanol–water partition coefficient (Wildman–Crippen LogP) is 3.11. The van der Waals surface area contributed by atoms with E-state index in [4.69, 9.17) is 16.3 Å². The minimum Gasteiger partial charge on any atom is -0.385 e. The van der Waals surface area contributed by atoms with Gasteiger partial charge in [-0.15, -0.1) is 0 Å². The summed E-state index contributed by atoms with van der Waals surface area (Å²) in [6, 6.07) is 3.76. The normalized spacial score (nSPS) is 20.7. The van der Waals surface area contributed by atoms with Crippen LogP contribution in [-0.2, 0) is 4.74 Å². The summed E-state index contributed by atoms with van der Waals surface area (Å²) in [4.78, 5) is 3.94. The molecule has 1 aliphatic heterocycles. The molecule has 0 aromatic carbocycles. The molecule has 1 N–H and O–H groups in total. The van der Waals surface area contributed by atoms with Gasteiger partial charge in [0.05, 0.1) is 6.10 Å². The largest absolute Gasteiger partial charge is 0.385 e. The van der Waals surface area contributed by atoms with Gasteiger partial charge >= 0.3 is 0 Å². The molecule has 1 aromatic rings. The van der Waals surface area contributed by atoms with Crippen molar-refractivity contribution in [1.29, 1.82) is 0 Å². The smallest absolute Gasteiger partial charge is 0.131 e. The highest BCUT2D eigenvalue weighted by atomic mass is 35.5. The molecule has 2 rings (SSSR count). The molecule has 2 heterocycles. The summed E-state index contributed by atoms with van der Waals surface area (Å²) in [5, 5.41) is 3.86. The number of halogens is 1. The van der Waals surface area contributed by atoms with Crippen LogP contribution < -0.4 is 5.32 Å². The van der Waals surface area contributed by atoms with Crippen molar-refractivity contribution in [1.82, 2.24) is 4.98 Å². The van der Waals surface area contributed by atoms with Gasteiger partial charge in [-0.2, -0.15) is 0 Å². The molecule has 16 heavy (non-hydrogen) atoms. The van der Waals surface area contributed by atoms with Crippen LogP contribution in [0.25, 0.3) is 0 Å². The summed E-state index contributed by atoms with van der Waals surface area (Å²) in [6.07, 6.45) is 6.90. The van der Waals surface area contributed by atoms with E-state index in [0.717, 1.165) is 25.3 Å². The quantitative estimate of drug-likeness (QED) is 0.822. The lowest BCUT2D eigenvalue weighted by atomic mass is 10.1. The molecule has 0 saturated carbocycles. The van der Waals surface area contributed by atoms with Crippen LogP contribution in [0.15, 0.2) is 18.3 Å². The second-order valence-corrected chi connectivity index (χ2v) is 4.46. The molecular weight excluding hydrogens is 224 g/mol. The van der Waals surface area contributed by atoms with Gasteiger partial charge < -0.3 is 10.1 Å². The highest BCUT2D eigenvalue weighted by molar-refractivity contribution is 6.29. The van der Waals surface area contributed by atoms with Crippen molar-refractivity contribution < 1.29 is 4.74 Å². The van der Waals surface area contributed by atoms with E-state index in [2.05, 4.69) is 10.3 Å². The molecule has 0 spiro atoms. The Morgan fingerprint density at radius 3 is 3.19 bits per heavy atom. The first-order chi connectivity index (χ1) is 7.84. The summed E-state index contributed by atoms with van der Waals surface area (Å²) >= 11 is 5.80. The van der Waals surface area contributed by atoms with Gasteiger partial charge in [-0.25, -0.2) is 4.98 Å². The van der Waals surface area contributed by atoms with E-state index in [1.165, 1.54) is 19.3 Å². The van der Waals surface area contributed by atoms with Gasteiger partial charge in [0.15, 0.2) is 0 Å². The summed E-state index contributed by atoms with van der Waals surface area (Å²) in [7, 11) is 0. The molecule has 0 aliphatic carbocycles. The number of pyridine rings is 1. The zero-order valence-electron chi connectivity index (χ0n) is 9.29. The van der Waals surface area contributed by atoms with Crippen LogP contribution in [0, 0.1) is 0 Å². The van der Waals surface area contributed by atoms with Crippen LogP contribution in [0.2, 0.25) is 5.15 Å². The molecule has 1 saturated heterocycles. The van der Waals surface area contributed by atoms with E-state index in [-0.39, 0.29) is 0 Å². The van der Waals surface area contributed by atoms with Crippen LogP contribution in [0.1, 0.15) is 25.7 Å². The number of hydrogen-bond acceptors (Lipinski definition) is 3. The van der Waals surface area contributed by atoms with Crippen LogP contribution >= 0.6 is 11.6 Å². The Hall–Kier alpha value is -0.800. The number of anilines is 1. The standard InChI is InChI=1S/C12H17ClN2O/c13-12-9-10(4-6-15-12)14-7-5-11-3-1-2-8-16-11/h4,6,9,11H,1-3,5,7-8H2,(H,14,15). The molecule has 1 aromatic heterocycles. The molecular formula is C12H17ClN2O. The Morgan fingerprint density at radius 2 is 2.44 bits per heavy atom. The number of nitrogens with zero attached hydrogens (tertiary/aromatic N) is 1. The lowest BCUT2D eigenvalue weighted by Gasteiger charge is -2.22. The number of rotatable bonds is 4. The Balaban J connectivity index is 1.71. The van der Waals surface area contributed by atoms with Gasteiger partial charge in [-0.1, -0.05) is 11.6 Å². The molecule has 1 aliphatic rings. The molecule has 3 nitrogen and oxygen atoms in total. The Morgan fingerprint density at radius 1 is 1.50 bits per heavy atom. The fourth-order valence-electron chi connectivity index (χ4n) is 1.92. The zero-order chi connectivity index (χ0) is 11.2. The second-order valence-electron chi connectivity index (χ2n) is 4.07. The van der Waals surface area contributed by atoms with E-state index in [1.807, 2.05) is 12.1 Å². The van der Waals surface area contributed by atoms with Crippen LogP contribution in [0.5, 0.6) is 0 Å². The molecule has 1 fully saturated rings.